The molecule has 1 aromatic carbocycles. The highest BCUT2D eigenvalue weighted by atomic mass is 16.2. The van der Waals surface area contributed by atoms with Crippen LogP contribution >= 0.6 is 0 Å². The van der Waals surface area contributed by atoms with Gasteiger partial charge in [-0.15, -0.1) is 0 Å². The van der Waals surface area contributed by atoms with E-state index in [1.54, 1.807) is 35.4 Å². The van der Waals surface area contributed by atoms with Gasteiger partial charge in [-0.1, -0.05) is 18.2 Å². The van der Waals surface area contributed by atoms with Gasteiger partial charge >= 0.3 is 0 Å². The molecule has 1 fully saturated rings. The van der Waals surface area contributed by atoms with Gasteiger partial charge in [0, 0.05) is 36.3 Å². The van der Waals surface area contributed by atoms with Gasteiger partial charge in [-0.2, -0.15) is 5.10 Å². The zero-order valence-corrected chi connectivity index (χ0v) is 13.2. The Morgan fingerprint density at radius 3 is 2.83 bits per heavy atom. The summed E-state index contributed by atoms with van der Waals surface area (Å²) in [7, 11) is 0. The van der Waals surface area contributed by atoms with Crippen molar-refractivity contribution in [2.75, 3.05) is 13.1 Å². The average Bonchev–Trinajstić information content (AvgIpc) is 3.24. The van der Waals surface area contributed by atoms with Gasteiger partial charge in [0.15, 0.2) is 5.69 Å². The van der Waals surface area contributed by atoms with Crippen LogP contribution in [0, 0.1) is 6.92 Å². The van der Waals surface area contributed by atoms with E-state index in [-0.39, 0.29) is 17.4 Å². The van der Waals surface area contributed by atoms with E-state index in [1.807, 2.05) is 6.92 Å². The zero-order valence-electron chi connectivity index (χ0n) is 13.2. The maximum Gasteiger partial charge on any atom is 0.274 e. The fraction of sp³-hybridized carbons (Fsp3) is 0.294. The molecular weight excluding hydrogens is 306 g/mol. The van der Waals surface area contributed by atoms with E-state index in [1.165, 1.54) is 0 Å². The van der Waals surface area contributed by atoms with Gasteiger partial charge in [0.25, 0.3) is 11.5 Å². The number of benzene rings is 1. The average molecular weight is 323 g/mol. The van der Waals surface area contributed by atoms with Crippen LogP contribution in [-0.4, -0.2) is 44.1 Å². The predicted octanol–water partition coefficient (Wildman–Crippen LogP) is 1.58. The van der Waals surface area contributed by atoms with Crippen molar-refractivity contribution in [1.29, 1.82) is 0 Å². The zero-order chi connectivity index (χ0) is 16.7. The van der Waals surface area contributed by atoms with E-state index in [0.29, 0.717) is 29.6 Å². The molecule has 2 aromatic heterocycles. The molecule has 0 aliphatic carbocycles. The van der Waals surface area contributed by atoms with Crippen molar-refractivity contribution < 1.29 is 4.79 Å². The first kappa shape index (κ1) is 14.6. The Kier molecular flexibility index (Phi) is 3.41. The number of fused-ring (bicyclic) bond motifs is 1. The van der Waals surface area contributed by atoms with Gasteiger partial charge in [0.05, 0.1) is 5.39 Å². The highest BCUT2D eigenvalue weighted by Crippen LogP contribution is 2.26. The molecule has 1 amide bonds. The number of aromatic amines is 2. The molecule has 1 saturated heterocycles. The van der Waals surface area contributed by atoms with Crippen LogP contribution in [0.25, 0.3) is 10.8 Å². The van der Waals surface area contributed by atoms with Crippen molar-refractivity contribution in [1.82, 2.24) is 25.1 Å². The number of aromatic nitrogens is 4. The molecule has 3 heterocycles. The van der Waals surface area contributed by atoms with Gasteiger partial charge in [-0.05, 0) is 19.4 Å². The Hall–Kier alpha value is -2.96. The summed E-state index contributed by atoms with van der Waals surface area (Å²) in [5, 5.41) is 7.49. The number of imidazole rings is 1. The number of hydrogen-bond donors (Lipinski definition) is 2. The third-order valence-electron chi connectivity index (χ3n) is 4.48. The minimum Gasteiger partial charge on any atom is -0.346 e. The monoisotopic (exact) mass is 323 g/mol. The molecular formula is C17H17N5O2. The number of likely N-dealkylation sites (tertiary alicyclic amines) is 1. The Labute approximate surface area is 137 Å². The van der Waals surface area contributed by atoms with Gasteiger partial charge in [-0.3, -0.25) is 9.59 Å². The first-order valence-corrected chi connectivity index (χ1v) is 7.91. The summed E-state index contributed by atoms with van der Waals surface area (Å²) < 4.78 is 0. The van der Waals surface area contributed by atoms with Crippen LogP contribution in [0.1, 0.15) is 34.3 Å². The van der Waals surface area contributed by atoms with Crippen molar-refractivity contribution in [3.63, 3.8) is 0 Å². The van der Waals surface area contributed by atoms with Gasteiger partial charge in [0.2, 0.25) is 0 Å². The van der Waals surface area contributed by atoms with Gasteiger partial charge in [0.1, 0.15) is 5.82 Å². The van der Waals surface area contributed by atoms with E-state index >= 15 is 0 Å². The lowest BCUT2D eigenvalue weighted by atomic mass is 10.1. The van der Waals surface area contributed by atoms with E-state index in [9.17, 15) is 9.59 Å². The summed E-state index contributed by atoms with van der Waals surface area (Å²) in [5.74, 6) is 0.965. The lowest BCUT2D eigenvalue weighted by Crippen LogP contribution is -2.30. The molecule has 0 radical (unpaired) electrons. The molecule has 0 spiro atoms. The van der Waals surface area contributed by atoms with Crippen molar-refractivity contribution >= 4 is 16.7 Å². The largest absolute Gasteiger partial charge is 0.346 e. The highest BCUT2D eigenvalue weighted by molar-refractivity contribution is 6.04. The minimum atomic E-state index is -0.285. The number of nitrogens with one attached hydrogen (secondary N) is 2. The van der Waals surface area contributed by atoms with Crippen LogP contribution in [0.2, 0.25) is 0 Å². The first-order chi connectivity index (χ1) is 11.6. The first-order valence-electron chi connectivity index (χ1n) is 7.91. The standard InChI is InChI=1S/C17H17N5O2/c1-10-8-18-15(19-10)11-6-7-22(9-11)17(24)14-12-4-2-3-5-13(12)16(23)21-20-14/h2-5,8,11H,6-7,9H2,1H3,(H,18,19)(H,21,23). The number of hydrogen-bond acceptors (Lipinski definition) is 4. The summed E-state index contributed by atoms with van der Waals surface area (Å²) in [5.41, 5.74) is 1.03. The molecule has 7 heteroatoms. The normalized spacial score (nSPS) is 17.5. The molecule has 4 rings (SSSR count). The molecule has 1 aliphatic rings. The fourth-order valence-corrected chi connectivity index (χ4v) is 3.24. The number of H-pyrrole nitrogens is 2. The highest BCUT2D eigenvalue weighted by Gasteiger charge is 2.31. The van der Waals surface area contributed by atoms with E-state index in [4.69, 9.17) is 0 Å². The predicted molar refractivity (Wildman–Crippen MR) is 88.9 cm³/mol. The number of nitrogens with zero attached hydrogens (tertiary/aromatic N) is 3. The Balaban J connectivity index is 1.63. The van der Waals surface area contributed by atoms with E-state index in [0.717, 1.165) is 17.9 Å². The van der Waals surface area contributed by atoms with Crippen LogP contribution in [0.15, 0.2) is 35.3 Å². The van der Waals surface area contributed by atoms with Crippen molar-refractivity contribution in [3.8, 4) is 0 Å². The maximum atomic E-state index is 12.9. The van der Waals surface area contributed by atoms with Crippen molar-refractivity contribution in [2.45, 2.75) is 19.3 Å². The van der Waals surface area contributed by atoms with Gasteiger partial charge < -0.3 is 9.88 Å². The quantitative estimate of drug-likeness (QED) is 0.748. The topological polar surface area (TPSA) is 94.7 Å². The number of aryl methyl sites for hydroxylation is 1. The second kappa shape index (κ2) is 5.59. The van der Waals surface area contributed by atoms with Crippen LogP contribution in [0.4, 0.5) is 0 Å². The summed E-state index contributed by atoms with van der Waals surface area (Å²) in [6.45, 7) is 3.21. The molecule has 0 bridgehead atoms. The van der Waals surface area contributed by atoms with E-state index < -0.39 is 0 Å². The summed E-state index contributed by atoms with van der Waals surface area (Å²) in [6, 6.07) is 7.04. The molecule has 1 atom stereocenters. The van der Waals surface area contributed by atoms with Crippen molar-refractivity contribution in [3.05, 3.63) is 58.0 Å². The maximum absolute atomic E-state index is 12.9. The second-order valence-electron chi connectivity index (χ2n) is 6.14. The fourth-order valence-electron chi connectivity index (χ4n) is 3.24. The molecule has 3 aromatic rings. The molecule has 1 unspecified atom stereocenters. The number of amides is 1. The van der Waals surface area contributed by atoms with Crippen molar-refractivity contribution in [2.24, 2.45) is 0 Å². The Morgan fingerprint density at radius 1 is 1.29 bits per heavy atom. The third-order valence-corrected chi connectivity index (χ3v) is 4.48. The lowest BCUT2D eigenvalue weighted by Gasteiger charge is -2.16. The molecule has 1 aliphatic heterocycles. The summed E-state index contributed by atoms with van der Waals surface area (Å²) in [4.78, 5) is 34.1. The minimum absolute atomic E-state index is 0.159. The van der Waals surface area contributed by atoms with Gasteiger partial charge in [-0.25, -0.2) is 10.1 Å². The number of carbonyl (C=O) groups excluding carboxylic acids is 1. The summed E-state index contributed by atoms with van der Waals surface area (Å²) >= 11 is 0. The lowest BCUT2D eigenvalue weighted by molar-refractivity contribution is 0.0785. The van der Waals surface area contributed by atoms with Crippen LogP contribution < -0.4 is 5.56 Å². The molecule has 2 N–H and O–H groups in total. The van der Waals surface area contributed by atoms with Crippen LogP contribution in [-0.2, 0) is 0 Å². The molecule has 24 heavy (non-hydrogen) atoms. The Morgan fingerprint density at radius 2 is 2.08 bits per heavy atom. The van der Waals surface area contributed by atoms with Crippen LogP contribution in [0.5, 0.6) is 0 Å². The van der Waals surface area contributed by atoms with E-state index in [2.05, 4.69) is 20.2 Å². The van der Waals surface area contributed by atoms with Crippen LogP contribution in [0.3, 0.4) is 0 Å². The smallest absolute Gasteiger partial charge is 0.274 e. The second-order valence-corrected chi connectivity index (χ2v) is 6.14. The molecule has 7 nitrogen and oxygen atoms in total. The number of carbonyl (C=O) groups is 1. The SMILES string of the molecule is Cc1cnc(C2CCN(C(=O)c3n[nH]c(=O)c4ccccc34)C2)[nH]1. The third kappa shape index (κ3) is 2.38. The molecule has 0 saturated carbocycles. The summed E-state index contributed by atoms with van der Waals surface area (Å²) in [6.07, 6.45) is 2.66. The molecule has 122 valence electrons. The number of rotatable bonds is 2. The Bertz CT molecular complexity index is 974.